The van der Waals surface area contributed by atoms with Crippen molar-refractivity contribution in [3.8, 4) is 5.75 Å². The highest BCUT2D eigenvalue weighted by Crippen LogP contribution is 2.22. The lowest BCUT2D eigenvalue weighted by Crippen LogP contribution is -2.26. The van der Waals surface area contributed by atoms with Gasteiger partial charge in [0.25, 0.3) is 15.9 Å². The van der Waals surface area contributed by atoms with E-state index in [1.54, 1.807) is 56.5 Å². The van der Waals surface area contributed by atoms with Crippen LogP contribution in [0.3, 0.4) is 0 Å². The fourth-order valence-corrected chi connectivity index (χ4v) is 4.23. The predicted octanol–water partition coefficient (Wildman–Crippen LogP) is 4.60. The Balaban J connectivity index is 1.72. The molecule has 0 heterocycles. The van der Waals surface area contributed by atoms with Crippen molar-refractivity contribution in [3.05, 3.63) is 89.0 Å². The molecule has 1 atom stereocenters. The summed E-state index contributed by atoms with van der Waals surface area (Å²) in [4.78, 5) is 12.9. The molecule has 0 saturated heterocycles. The second kappa shape index (κ2) is 9.22. The number of sulfonamides is 1. The number of rotatable bonds is 7. The van der Waals surface area contributed by atoms with Crippen molar-refractivity contribution in [3.63, 3.8) is 0 Å². The topological polar surface area (TPSA) is 84.5 Å². The standard InChI is InChI=1S/C24H26N2O4S/c1-16-5-12-22(13-6-16)31(28,29)26-23-14-9-20(15-17(23)2)24(27)25-18(3)19-7-10-21(30-4)11-8-19/h5-15,18,26H,1-4H3,(H,25,27)/t18-/m1/s1. The van der Waals surface area contributed by atoms with E-state index in [-0.39, 0.29) is 16.8 Å². The van der Waals surface area contributed by atoms with Gasteiger partial charge in [0.05, 0.1) is 23.7 Å². The van der Waals surface area contributed by atoms with Gasteiger partial charge in [-0.1, -0.05) is 29.8 Å². The van der Waals surface area contributed by atoms with Crippen molar-refractivity contribution in [1.29, 1.82) is 0 Å². The second-order valence-corrected chi connectivity index (χ2v) is 9.10. The van der Waals surface area contributed by atoms with Crippen molar-refractivity contribution in [2.75, 3.05) is 11.8 Å². The highest BCUT2D eigenvalue weighted by Gasteiger charge is 2.17. The Morgan fingerprint density at radius 2 is 1.58 bits per heavy atom. The molecule has 0 aromatic heterocycles. The molecule has 1 amide bonds. The summed E-state index contributed by atoms with van der Waals surface area (Å²) < 4.78 is 33.0. The van der Waals surface area contributed by atoms with Crippen LogP contribution in [0.5, 0.6) is 5.75 Å². The summed E-state index contributed by atoms with van der Waals surface area (Å²) in [5.41, 5.74) is 3.47. The Hall–Kier alpha value is -3.32. The number of amides is 1. The Kier molecular flexibility index (Phi) is 6.65. The Labute approximate surface area is 183 Å². The molecule has 0 fully saturated rings. The number of anilines is 1. The van der Waals surface area contributed by atoms with Crippen molar-refractivity contribution in [2.45, 2.75) is 31.7 Å². The van der Waals surface area contributed by atoms with Crippen LogP contribution in [0.1, 0.15) is 40.0 Å². The number of aryl methyl sites for hydroxylation is 2. The smallest absolute Gasteiger partial charge is 0.261 e. The maximum absolute atomic E-state index is 12.7. The van der Waals surface area contributed by atoms with Crippen LogP contribution in [0.4, 0.5) is 5.69 Å². The average molecular weight is 439 g/mol. The lowest BCUT2D eigenvalue weighted by atomic mass is 10.1. The van der Waals surface area contributed by atoms with E-state index in [9.17, 15) is 13.2 Å². The van der Waals surface area contributed by atoms with Crippen molar-refractivity contribution >= 4 is 21.6 Å². The largest absolute Gasteiger partial charge is 0.497 e. The zero-order valence-corrected chi connectivity index (χ0v) is 18.8. The van der Waals surface area contributed by atoms with Gasteiger partial charge in [-0.05, 0) is 74.4 Å². The number of ether oxygens (including phenoxy) is 1. The summed E-state index contributed by atoms with van der Waals surface area (Å²) in [5.74, 6) is 0.515. The lowest BCUT2D eigenvalue weighted by molar-refractivity contribution is 0.0940. The summed E-state index contributed by atoms with van der Waals surface area (Å²) in [7, 11) is -2.10. The van der Waals surface area contributed by atoms with Gasteiger partial charge in [-0.3, -0.25) is 9.52 Å². The molecule has 31 heavy (non-hydrogen) atoms. The molecular formula is C24H26N2O4S. The third kappa shape index (κ3) is 5.44. The number of methoxy groups -OCH3 is 1. The van der Waals surface area contributed by atoms with E-state index in [4.69, 9.17) is 4.74 Å². The maximum atomic E-state index is 12.7. The summed E-state index contributed by atoms with van der Waals surface area (Å²) in [5, 5.41) is 2.96. The van der Waals surface area contributed by atoms with Gasteiger partial charge >= 0.3 is 0 Å². The van der Waals surface area contributed by atoms with E-state index in [1.165, 1.54) is 0 Å². The SMILES string of the molecule is COc1ccc([C@@H](C)NC(=O)c2ccc(NS(=O)(=O)c3ccc(C)cc3)c(C)c2)cc1. The summed E-state index contributed by atoms with van der Waals surface area (Å²) >= 11 is 0. The van der Waals surface area contributed by atoms with Crippen LogP contribution in [-0.4, -0.2) is 21.4 Å². The summed E-state index contributed by atoms with van der Waals surface area (Å²) in [6, 6.07) is 18.8. The van der Waals surface area contributed by atoms with Crippen LogP contribution < -0.4 is 14.8 Å². The molecule has 0 spiro atoms. The number of carbonyl (C=O) groups is 1. The van der Waals surface area contributed by atoms with Gasteiger partial charge in [0.2, 0.25) is 0 Å². The Bertz CT molecular complexity index is 1170. The maximum Gasteiger partial charge on any atom is 0.261 e. The molecule has 7 heteroatoms. The molecule has 0 aliphatic heterocycles. The third-order valence-corrected chi connectivity index (χ3v) is 6.41. The number of benzene rings is 3. The predicted molar refractivity (Wildman–Crippen MR) is 122 cm³/mol. The van der Waals surface area contributed by atoms with Gasteiger partial charge in [-0.15, -0.1) is 0 Å². The first-order valence-corrected chi connectivity index (χ1v) is 11.3. The zero-order valence-electron chi connectivity index (χ0n) is 18.0. The van der Waals surface area contributed by atoms with Gasteiger partial charge in [0, 0.05) is 5.56 Å². The molecule has 3 aromatic carbocycles. The van der Waals surface area contributed by atoms with Crippen molar-refractivity contribution < 1.29 is 17.9 Å². The molecule has 0 saturated carbocycles. The molecule has 0 aliphatic carbocycles. The molecule has 0 aliphatic rings. The minimum atomic E-state index is -3.71. The molecular weight excluding hydrogens is 412 g/mol. The minimum Gasteiger partial charge on any atom is -0.497 e. The molecule has 0 bridgehead atoms. The van der Waals surface area contributed by atoms with Gasteiger partial charge in [-0.25, -0.2) is 8.42 Å². The van der Waals surface area contributed by atoms with Crippen LogP contribution in [-0.2, 0) is 10.0 Å². The fraction of sp³-hybridized carbons (Fsp3) is 0.208. The van der Waals surface area contributed by atoms with E-state index >= 15 is 0 Å². The van der Waals surface area contributed by atoms with E-state index < -0.39 is 10.0 Å². The summed E-state index contributed by atoms with van der Waals surface area (Å²) in [6.45, 7) is 5.56. The summed E-state index contributed by atoms with van der Waals surface area (Å²) in [6.07, 6.45) is 0. The fourth-order valence-electron chi connectivity index (χ4n) is 3.10. The second-order valence-electron chi connectivity index (χ2n) is 7.42. The zero-order chi connectivity index (χ0) is 22.6. The van der Waals surface area contributed by atoms with Crippen LogP contribution in [0, 0.1) is 13.8 Å². The van der Waals surface area contributed by atoms with E-state index in [2.05, 4.69) is 10.0 Å². The van der Waals surface area contributed by atoms with E-state index in [0.29, 0.717) is 16.8 Å². The molecule has 0 radical (unpaired) electrons. The van der Waals surface area contributed by atoms with Gasteiger partial charge in [0.1, 0.15) is 5.75 Å². The Morgan fingerprint density at radius 1 is 0.935 bits per heavy atom. The first-order valence-electron chi connectivity index (χ1n) is 9.84. The number of carbonyl (C=O) groups excluding carboxylic acids is 1. The van der Waals surface area contributed by atoms with Crippen LogP contribution >= 0.6 is 0 Å². The van der Waals surface area contributed by atoms with Crippen molar-refractivity contribution in [1.82, 2.24) is 5.32 Å². The number of hydrogen-bond acceptors (Lipinski definition) is 4. The highest BCUT2D eigenvalue weighted by molar-refractivity contribution is 7.92. The molecule has 3 aromatic rings. The molecule has 3 rings (SSSR count). The molecule has 2 N–H and O–H groups in total. The lowest BCUT2D eigenvalue weighted by Gasteiger charge is -2.16. The van der Waals surface area contributed by atoms with Gasteiger partial charge < -0.3 is 10.1 Å². The quantitative estimate of drug-likeness (QED) is 0.564. The van der Waals surface area contributed by atoms with Crippen LogP contribution in [0.15, 0.2) is 71.6 Å². The molecule has 6 nitrogen and oxygen atoms in total. The first-order chi connectivity index (χ1) is 14.7. The third-order valence-electron chi connectivity index (χ3n) is 5.03. The first kappa shape index (κ1) is 22.4. The number of nitrogens with one attached hydrogen (secondary N) is 2. The monoisotopic (exact) mass is 438 g/mol. The Morgan fingerprint density at radius 3 is 2.16 bits per heavy atom. The van der Waals surface area contributed by atoms with Crippen molar-refractivity contribution in [2.24, 2.45) is 0 Å². The van der Waals surface area contributed by atoms with Gasteiger partial charge in [0.15, 0.2) is 0 Å². The minimum absolute atomic E-state index is 0.188. The van der Waals surface area contributed by atoms with E-state index in [1.807, 2.05) is 38.1 Å². The average Bonchev–Trinajstić information content (AvgIpc) is 2.75. The van der Waals surface area contributed by atoms with Gasteiger partial charge in [-0.2, -0.15) is 0 Å². The normalized spacial score (nSPS) is 12.1. The van der Waals surface area contributed by atoms with Crippen LogP contribution in [0.2, 0.25) is 0 Å². The molecule has 0 unspecified atom stereocenters. The number of hydrogen-bond donors (Lipinski definition) is 2. The molecule has 162 valence electrons. The van der Waals surface area contributed by atoms with Crippen LogP contribution in [0.25, 0.3) is 0 Å². The van der Waals surface area contributed by atoms with E-state index in [0.717, 1.165) is 16.9 Å². The highest BCUT2D eigenvalue weighted by atomic mass is 32.2.